The normalized spacial score (nSPS) is 10.9. The molecule has 5 heteroatoms. The Morgan fingerprint density at radius 1 is 1.00 bits per heavy atom. The lowest BCUT2D eigenvalue weighted by molar-refractivity contribution is 0.0954. The lowest BCUT2D eigenvalue weighted by Gasteiger charge is -2.07. The van der Waals surface area contributed by atoms with E-state index in [2.05, 4.69) is 10.3 Å². The zero-order chi connectivity index (χ0) is 19.5. The number of hydrogen-bond acceptors (Lipinski definition) is 1. The van der Waals surface area contributed by atoms with E-state index in [-0.39, 0.29) is 11.7 Å². The number of benzene rings is 3. The molecule has 0 saturated heterocycles. The molecule has 4 rings (SSSR count). The van der Waals surface area contributed by atoms with Crippen molar-refractivity contribution in [2.24, 2.45) is 0 Å². The topological polar surface area (TPSA) is 44.9 Å². The minimum Gasteiger partial charge on any atom is -0.361 e. The average Bonchev–Trinajstić information content (AvgIpc) is 3.10. The lowest BCUT2D eigenvalue weighted by atomic mass is 10.0. The first kappa shape index (κ1) is 18.3. The van der Waals surface area contributed by atoms with E-state index in [0.29, 0.717) is 23.6 Å². The van der Waals surface area contributed by atoms with Crippen molar-refractivity contribution in [3.05, 3.63) is 94.9 Å². The highest BCUT2D eigenvalue weighted by Crippen LogP contribution is 2.23. The number of rotatable bonds is 5. The van der Waals surface area contributed by atoms with Crippen molar-refractivity contribution < 1.29 is 9.18 Å². The standard InChI is InChI=1S/C23H18ClFN2O/c24-19-8-9-22-21(13-19)18(14-27-22)10-11-26-23(28)16-6-4-15(5-7-16)17-2-1-3-20(25)12-17/h1-9,12-14,27H,10-11H2,(H,26,28). The molecule has 0 radical (unpaired) electrons. The van der Waals surface area contributed by atoms with Gasteiger partial charge >= 0.3 is 0 Å². The lowest BCUT2D eigenvalue weighted by Crippen LogP contribution is -2.25. The molecule has 3 nitrogen and oxygen atoms in total. The molecular weight excluding hydrogens is 375 g/mol. The van der Waals surface area contributed by atoms with Crippen molar-refractivity contribution >= 4 is 28.4 Å². The largest absolute Gasteiger partial charge is 0.361 e. The Morgan fingerprint density at radius 3 is 2.61 bits per heavy atom. The Morgan fingerprint density at radius 2 is 1.82 bits per heavy atom. The molecule has 2 N–H and O–H groups in total. The van der Waals surface area contributed by atoms with E-state index in [1.165, 1.54) is 12.1 Å². The van der Waals surface area contributed by atoms with Gasteiger partial charge in [0.2, 0.25) is 0 Å². The van der Waals surface area contributed by atoms with E-state index in [1.54, 1.807) is 18.2 Å². The molecule has 1 aromatic heterocycles. The Kier molecular flexibility index (Phi) is 5.13. The maximum Gasteiger partial charge on any atom is 0.251 e. The van der Waals surface area contributed by atoms with Gasteiger partial charge in [0.1, 0.15) is 5.82 Å². The molecule has 0 aliphatic heterocycles. The smallest absolute Gasteiger partial charge is 0.251 e. The van der Waals surface area contributed by atoms with Crippen LogP contribution in [0.1, 0.15) is 15.9 Å². The fraction of sp³-hybridized carbons (Fsp3) is 0.0870. The van der Waals surface area contributed by atoms with Crippen molar-refractivity contribution in [2.45, 2.75) is 6.42 Å². The summed E-state index contributed by atoms with van der Waals surface area (Å²) >= 11 is 6.07. The predicted octanol–water partition coefficient (Wildman–Crippen LogP) is 5.60. The highest BCUT2D eigenvalue weighted by Gasteiger charge is 2.08. The quantitative estimate of drug-likeness (QED) is 0.456. The second kappa shape index (κ2) is 7.87. The number of halogens is 2. The third kappa shape index (κ3) is 3.92. The van der Waals surface area contributed by atoms with Crippen LogP contribution >= 0.6 is 11.6 Å². The van der Waals surface area contributed by atoms with Crippen molar-refractivity contribution in [2.75, 3.05) is 6.54 Å². The van der Waals surface area contributed by atoms with E-state index in [1.807, 2.05) is 42.6 Å². The molecule has 0 saturated carbocycles. The number of H-pyrrole nitrogens is 1. The van der Waals surface area contributed by atoms with E-state index in [4.69, 9.17) is 11.6 Å². The SMILES string of the molecule is O=C(NCCc1c[nH]c2ccc(Cl)cc12)c1ccc(-c2cccc(F)c2)cc1. The summed E-state index contributed by atoms with van der Waals surface area (Å²) in [6, 6.07) is 19.3. The molecule has 1 amide bonds. The van der Waals surface area contributed by atoms with Crippen molar-refractivity contribution in [3.63, 3.8) is 0 Å². The van der Waals surface area contributed by atoms with E-state index in [9.17, 15) is 9.18 Å². The summed E-state index contributed by atoms with van der Waals surface area (Å²) < 4.78 is 13.4. The molecule has 0 fully saturated rings. The number of fused-ring (bicyclic) bond motifs is 1. The van der Waals surface area contributed by atoms with Crippen LogP contribution in [0.2, 0.25) is 5.02 Å². The van der Waals surface area contributed by atoms with Gasteiger partial charge in [-0.15, -0.1) is 0 Å². The first-order valence-corrected chi connectivity index (χ1v) is 9.38. The van der Waals surface area contributed by atoms with Gasteiger partial charge in [0, 0.05) is 34.2 Å². The third-order valence-corrected chi connectivity index (χ3v) is 4.95. The summed E-state index contributed by atoms with van der Waals surface area (Å²) in [6.45, 7) is 0.518. The van der Waals surface area contributed by atoms with Crippen molar-refractivity contribution in [3.8, 4) is 11.1 Å². The van der Waals surface area contributed by atoms with Crippen LogP contribution in [0.15, 0.2) is 72.9 Å². The maximum atomic E-state index is 13.4. The summed E-state index contributed by atoms with van der Waals surface area (Å²) in [5.41, 5.74) is 4.36. The molecule has 0 aliphatic carbocycles. The Labute approximate surface area is 167 Å². The Hall–Kier alpha value is -3.11. The van der Waals surface area contributed by atoms with Crippen molar-refractivity contribution in [1.82, 2.24) is 10.3 Å². The molecule has 28 heavy (non-hydrogen) atoms. The fourth-order valence-electron chi connectivity index (χ4n) is 3.25. The molecule has 0 bridgehead atoms. The van der Waals surface area contributed by atoms with Gasteiger partial charge in [-0.3, -0.25) is 4.79 Å². The molecule has 140 valence electrons. The van der Waals surface area contributed by atoms with Gasteiger partial charge in [0.15, 0.2) is 0 Å². The summed E-state index contributed by atoms with van der Waals surface area (Å²) in [5.74, 6) is -0.415. The van der Waals surface area contributed by atoms with Crippen LogP contribution in [0.3, 0.4) is 0 Å². The molecule has 4 aromatic rings. The van der Waals surface area contributed by atoms with Crippen molar-refractivity contribution in [1.29, 1.82) is 0 Å². The van der Waals surface area contributed by atoms with Gasteiger partial charge in [-0.1, -0.05) is 35.9 Å². The van der Waals surface area contributed by atoms with Gasteiger partial charge in [-0.25, -0.2) is 4.39 Å². The highest BCUT2D eigenvalue weighted by molar-refractivity contribution is 6.31. The number of hydrogen-bond donors (Lipinski definition) is 2. The minimum atomic E-state index is -0.280. The summed E-state index contributed by atoms with van der Waals surface area (Å²) in [4.78, 5) is 15.6. The fourth-order valence-corrected chi connectivity index (χ4v) is 3.42. The number of carbonyl (C=O) groups is 1. The molecular formula is C23H18ClFN2O. The number of amides is 1. The van der Waals surface area contributed by atoms with E-state index < -0.39 is 0 Å². The van der Waals surface area contributed by atoms with E-state index >= 15 is 0 Å². The molecule has 3 aromatic carbocycles. The molecule has 0 atom stereocenters. The summed E-state index contributed by atoms with van der Waals surface area (Å²) in [7, 11) is 0. The van der Waals surface area contributed by atoms with E-state index in [0.717, 1.165) is 27.6 Å². The van der Waals surface area contributed by atoms with Crippen LogP contribution in [0.4, 0.5) is 4.39 Å². The van der Waals surface area contributed by atoms with Gasteiger partial charge < -0.3 is 10.3 Å². The summed E-state index contributed by atoms with van der Waals surface area (Å²) in [5, 5.41) is 4.70. The van der Waals surface area contributed by atoms with Gasteiger partial charge in [0.05, 0.1) is 0 Å². The minimum absolute atomic E-state index is 0.135. The second-order valence-electron chi connectivity index (χ2n) is 6.60. The Balaban J connectivity index is 1.39. The maximum absolute atomic E-state index is 13.4. The monoisotopic (exact) mass is 392 g/mol. The molecule has 0 unspecified atom stereocenters. The predicted molar refractivity (Wildman–Crippen MR) is 111 cm³/mol. The van der Waals surface area contributed by atoms with Crippen LogP contribution < -0.4 is 5.32 Å². The average molecular weight is 393 g/mol. The number of aromatic nitrogens is 1. The number of carbonyl (C=O) groups excluding carboxylic acids is 1. The van der Waals surface area contributed by atoms with Crippen LogP contribution in [-0.2, 0) is 6.42 Å². The molecule has 0 spiro atoms. The number of nitrogens with one attached hydrogen (secondary N) is 2. The van der Waals surface area contributed by atoms with Gasteiger partial charge in [0.25, 0.3) is 5.91 Å². The first-order valence-electron chi connectivity index (χ1n) is 9.00. The van der Waals surface area contributed by atoms with Crippen LogP contribution in [-0.4, -0.2) is 17.4 Å². The Bertz CT molecular complexity index is 1140. The molecule has 0 aliphatic rings. The van der Waals surface area contributed by atoms with Gasteiger partial charge in [-0.2, -0.15) is 0 Å². The van der Waals surface area contributed by atoms with Crippen LogP contribution in [0.25, 0.3) is 22.0 Å². The first-order chi connectivity index (χ1) is 13.6. The third-order valence-electron chi connectivity index (χ3n) is 4.71. The van der Waals surface area contributed by atoms with Crippen LogP contribution in [0.5, 0.6) is 0 Å². The zero-order valence-electron chi connectivity index (χ0n) is 15.0. The number of aromatic amines is 1. The second-order valence-corrected chi connectivity index (χ2v) is 7.03. The molecule has 1 heterocycles. The summed E-state index contributed by atoms with van der Waals surface area (Å²) in [6.07, 6.45) is 2.65. The zero-order valence-corrected chi connectivity index (χ0v) is 15.8. The van der Waals surface area contributed by atoms with Crippen LogP contribution in [0, 0.1) is 5.82 Å². The highest BCUT2D eigenvalue weighted by atomic mass is 35.5. The van der Waals surface area contributed by atoms with Gasteiger partial charge in [-0.05, 0) is 65.6 Å².